The molecule has 3 heteroatoms. The van der Waals surface area contributed by atoms with Crippen LogP contribution in [0.1, 0.15) is 0 Å². The molecule has 2 aromatic heterocycles. The first-order chi connectivity index (χ1) is 27.3. The van der Waals surface area contributed by atoms with Crippen LogP contribution in [0.15, 0.2) is 209 Å². The van der Waals surface area contributed by atoms with Gasteiger partial charge in [0.25, 0.3) is 0 Å². The van der Waals surface area contributed by atoms with E-state index in [0.29, 0.717) is 0 Å². The smallest absolute Gasteiger partial charge is 0.159 e. The van der Waals surface area contributed by atoms with Crippen LogP contribution >= 0.6 is 0 Å². The van der Waals surface area contributed by atoms with Gasteiger partial charge >= 0.3 is 0 Å². The topological polar surface area (TPSA) is 29.5 Å². The summed E-state index contributed by atoms with van der Waals surface area (Å²) in [4.78, 5) is 2.33. The highest BCUT2D eigenvalue weighted by Crippen LogP contribution is 2.46. The Balaban J connectivity index is 1.07. The molecule has 258 valence electrons. The fourth-order valence-corrected chi connectivity index (χ4v) is 8.27. The Bertz CT molecular complexity index is 3220. The van der Waals surface area contributed by atoms with Crippen molar-refractivity contribution in [3.63, 3.8) is 0 Å². The Labute approximate surface area is 317 Å². The number of nitrogens with zero attached hydrogens (tertiary/aromatic N) is 1. The highest BCUT2D eigenvalue weighted by Gasteiger charge is 2.22. The third-order valence-electron chi connectivity index (χ3n) is 10.9. The molecular formula is C52H33NO2. The van der Waals surface area contributed by atoms with E-state index in [1.54, 1.807) is 0 Å². The molecule has 0 saturated heterocycles. The van der Waals surface area contributed by atoms with Gasteiger partial charge in [0.05, 0.1) is 11.4 Å². The van der Waals surface area contributed by atoms with Gasteiger partial charge in [-0.25, -0.2) is 0 Å². The maximum atomic E-state index is 6.67. The Kier molecular flexibility index (Phi) is 7.17. The quantitative estimate of drug-likeness (QED) is 0.173. The largest absolute Gasteiger partial charge is 0.456 e. The minimum Gasteiger partial charge on any atom is -0.456 e. The lowest BCUT2D eigenvalue weighted by Crippen LogP contribution is -2.11. The van der Waals surface area contributed by atoms with Crippen molar-refractivity contribution in [3.8, 4) is 33.4 Å². The van der Waals surface area contributed by atoms with Crippen LogP contribution in [-0.2, 0) is 0 Å². The molecule has 0 bridgehead atoms. The highest BCUT2D eigenvalue weighted by molar-refractivity contribution is 6.11. The van der Waals surface area contributed by atoms with E-state index in [1.165, 1.54) is 27.5 Å². The third kappa shape index (κ3) is 5.20. The second-order valence-corrected chi connectivity index (χ2v) is 14.1. The Hall–Kier alpha value is -7.36. The van der Waals surface area contributed by atoms with E-state index in [1.807, 2.05) is 24.3 Å². The van der Waals surface area contributed by atoms with Crippen LogP contribution in [0.2, 0.25) is 0 Å². The van der Waals surface area contributed by atoms with E-state index in [-0.39, 0.29) is 0 Å². The van der Waals surface area contributed by atoms with E-state index in [2.05, 4.69) is 181 Å². The molecule has 55 heavy (non-hydrogen) atoms. The van der Waals surface area contributed by atoms with E-state index in [9.17, 15) is 0 Å². The fourth-order valence-electron chi connectivity index (χ4n) is 8.27. The SMILES string of the molecule is c1cc(-c2ccc(N(c3ccccc3-c3ccc4c(c3)oc3ccccc34)c3cccc4c3oc3ccccc34)cc2)cc(-c2cccc3ccccc23)c1. The van der Waals surface area contributed by atoms with Crippen molar-refractivity contribution in [1.82, 2.24) is 0 Å². The molecular weight excluding hydrogens is 671 g/mol. The minimum absolute atomic E-state index is 0.845. The molecule has 9 aromatic carbocycles. The molecule has 2 heterocycles. The van der Waals surface area contributed by atoms with E-state index in [4.69, 9.17) is 8.83 Å². The lowest BCUT2D eigenvalue weighted by Gasteiger charge is -2.28. The second-order valence-electron chi connectivity index (χ2n) is 14.1. The molecule has 0 fully saturated rings. The molecule has 0 aliphatic carbocycles. The van der Waals surface area contributed by atoms with Gasteiger partial charge in [-0.05, 0) is 93.2 Å². The normalized spacial score (nSPS) is 11.6. The Morgan fingerprint density at radius 2 is 0.873 bits per heavy atom. The molecule has 0 aliphatic heterocycles. The Morgan fingerprint density at radius 3 is 1.75 bits per heavy atom. The van der Waals surface area contributed by atoms with Crippen LogP contribution in [0.3, 0.4) is 0 Å². The number of fused-ring (bicyclic) bond motifs is 7. The summed E-state index contributed by atoms with van der Waals surface area (Å²) >= 11 is 0. The summed E-state index contributed by atoms with van der Waals surface area (Å²) in [6.07, 6.45) is 0. The van der Waals surface area contributed by atoms with Crippen LogP contribution < -0.4 is 4.90 Å². The van der Waals surface area contributed by atoms with Crippen LogP contribution in [0.4, 0.5) is 17.1 Å². The van der Waals surface area contributed by atoms with Crippen LogP contribution in [0.5, 0.6) is 0 Å². The van der Waals surface area contributed by atoms with Gasteiger partial charge in [-0.2, -0.15) is 0 Å². The van der Waals surface area contributed by atoms with Gasteiger partial charge in [0, 0.05) is 32.8 Å². The first kappa shape index (κ1) is 31.2. The van der Waals surface area contributed by atoms with Crippen molar-refractivity contribution in [2.75, 3.05) is 4.90 Å². The van der Waals surface area contributed by atoms with Gasteiger partial charge in [0.2, 0.25) is 0 Å². The number of hydrogen-bond donors (Lipinski definition) is 0. The number of furan rings is 2. The molecule has 11 aromatic rings. The first-order valence-corrected chi connectivity index (χ1v) is 18.7. The van der Waals surface area contributed by atoms with Crippen molar-refractivity contribution in [2.24, 2.45) is 0 Å². The summed E-state index contributed by atoms with van der Waals surface area (Å²) in [6.45, 7) is 0. The average Bonchev–Trinajstić information content (AvgIpc) is 3.83. The fraction of sp³-hybridized carbons (Fsp3) is 0. The number of anilines is 3. The molecule has 3 nitrogen and oxygen atoms in total. The summed E-state index contributed by atoms with van der Waals surface area (Å²) in [5.74, 6) is 0. The predicted molar refractivity (Wildman–Crippen MR) is 229 cm³/mol. The number of hydrogen-bond acceptors (Lipinski definition) is 3. The van der Waals surface area contributed by atoms with Gasteiger partial charge in [0.15, 0.2) is 5.58 Å². The average molecular weight is 704 g/mol. The predicted octanol–water partition coefficient (Wildman–Crippen LogP) is 15.1. The van der Waals surface area contributed by atoms with Crippen molar-refractivity contribution in [1.29, 1.82) is 0 Å². The van der Waals surface area contributed by atoms with Gasteiger partial charge in [-0.15, -0.1) is 0 Å². The molecule has 0 unspecified atom stereocenters. The lowest BCUT2D eigenvalue weighted by atomic mass is 9.95. The molecule has 0 N–H and O–H groups in total. The van der Waals surface area contributed by atoms with Gasteiger partial charge in [-0.3, -0.25) is 0 Å². The van der Waals surface area contributed by atoms with Gasteiger partial charge in [0.1, 0.15) is 16.7 Å². The van der Waals surface area contributed by atoms with Crippen molar-refractivity contribution in [2.45, 2.75) is 0 Å². The maximum absolute atomic E-state index is 6.67. The summed E-state index contributed by atoms with van der Waals surface area (Å²) in [5, 5.41) is 6.92. The zero-order chi connectivity index (χ0) is 36.3. The van der Waals surface area contributed by atoms with E-state index in [0.717, 1.165) is 77.6 Å². The van der Waals surface area contributed by atoms with Crippen molar-refractivity contribution in [3.05, 3.63) is 200 Å². The van der Waals surface area contributed by atoms with Crippen molar-refractivity contribution >= 4 is 71.7 Å². The molecule has 11 rings (SSSR count). The first-order valence-electron chi connectivity index (χ1n) is 18.7. The minimum atomic E-state index is 0.845. The summed E-state index contributed by atoms with van der Waals surface area (Å²) < 4.78 is 13.0. The maximum Gasteiger partial charge on any atom is 0.159 e. The van der Waals surface area contributed by atoms with Gasteiger partial charge in [-0.1, -0.05) is 146 Å². The molecule has 0 atom stereocenters. The number of rotatable bonds is 6. The molecule has 0 aliphatic rings. The number of benzene rings is 9. The molecule has 0 spiro atoms. The molecule has 0 amide bonds. The summed E-state index contributed by atoms with van der Waals surface area (Å²) in [7, 11) is 0. The Morgan fingerprint density at radius 1 is 0.309 bits per heavy atom. The zero-order valence-electron chi connectivity index (χ0n) is 29.8. The van der Waals surface area contributed by atoms with Crippen molar-refractivity contribution < 1.29 is 8.83 Å². The second kappa shape index (κ2) is 12.6. The van der Waals surface area contributed by atoms with Crippen LogP contribution in [0.25, 0.3) is 88.0 Å². The summed E-state index contributed by atoms with van der Waals surface area (Å²) in [6, 6.07) is 71.0. The van der Waals surface area contributed by atoms with Gasteiger partial charge < -0.3 is 13.7 Å². The summed E-state index contributed by atoms with van der Waals surface area (Å²) in [5.41, 5.74) is 13.4. The lowest BCUT2D eigenvalue weighted by molar-refractivity contribution is 0.668. The molecule has 0 saturated carbocycles. The van der Waals surface area contributed by atoms with Crippen LogP contribution in [0, 0.1) is 0 Å². The highest BCUT2D eigenvalue weighted by atomic mass is 16.3. The van der Waals surface area contributed by atoms with Crippen LogP contribution in [-0.4, -0.2) is 0 Å². The number of para-hydroxylation sites is 4. The zero-order valence-corrected chi connectivity index (χ0v) is 29.8. The standard InChI is InChI=1S/C52H33NO2/c1-2-16-40-35(12-1)13-10-20-41(40)37-15-9-14-36(32-37)34-26-29-39(30-27-34)53(48-23-11-21-46-44-19-5-8-25-50(44)55-52(46)48)47-22-6-3-17-42(47)38-28-31-45-43-18-4-7-24-49(43)54-51(45)33-38/h1-33H. The van der Waals surface area contributed by atoms with E-state index >= 15 is 0 Å². The third-order valence-corrected chi connectivity index (χ3v) is 10.9. The molecule has 0 radical (unpaired) electrons. The monoisotopic (exact) mass is 703 g/mol. The van der Waals surface area contributed by atoms with E-state index < -0.39 is 0 Å².